The molecule has 132 valence electrons. The van der Waals surface area contributed by atoms with Crippen LogP contribution in [0, 0.1) is 0 Å². The molecule has 0 spiro atoms. The number of hydrogen-bond donors (Lipinski definition) is 1. The number of rotatable bonds is 10. The first-order chi connectivity index (χ1) is 10.9. The fourth-order valence-corrected chi connectivity index (χ4v) is 5.17. The molecule has 0 bridgehead atoms. The lowest BCUT2D eigenvalue weighted by Gasteiger charge is -2.21. The van der Waals surface area contributed by atoms with Gasteiger partial charge in [0.05, 0.1) is 31.7 Å². The van der Waals surface area contributed by atoms with E-state index in [1.807, 2.05) is 0 Å². The van der Waals surface area contributed by atoms with Crippen molar-refractivity contribution in [2.45, 2.75) is 27.7 Å². The van der Waals surface area contributed by atoms with Gasteiger partial charge >= 0.3 is 15.2 Å². The summed E-state index contributed by atoms with van der Waals surface area (Å²) in [6.45, 7) is 7.46. The molecule has 10 heteroatoms. The Morgan fingerprint density at radius 1 is 0.913 bits per heavy atom. The molecule has 0 fully saturated rings. The summed E-state index contributed by atoms with van der Waals surface area (Å²) in [5.74, 6) is -0.0152. The molecule has 2 N–H and O–H groups in total. The zero-order valence-electron chi connectivity index (χ0n) is 13.9. The van der Waals surface area contributed by atoms with Crippen molar-refractivity contribution in [2.24, 2.45) is 0 Å². The topological polar surface area (TPSA) is 110 Å². The lowest BCUT2D eigenvalue weighted by molar-refractivity contribution is 0.230. The van der Waals surface area contributed by atoms with Crippen molar-refractivity contribution in [1.82, 2.24) is 4.98 Å². The molecule has 0 saturated heterocycles. The molecular formula is C13H24N2O6P2. The highest BCUT2D eigenvalue weighted by Gasteiger charge is 2.34. The molecule has 1 rings (SSSR count). The molecule has 1 heterocycles. The van der Waals surface area contributed by atoms with Crippen molar-refractivity contribution in [2.75, 3.05) is 32.2 Å². The van der Waals surface area contributed by atoms with E-state index in [9.17, 15) is 9.13 Å². The minimum atomic E-state index is -3.66. The van der Waals surface area contributed by atoms with Gasteiger partial charge in [0, 0.05) is 6.20 Å². The van der Waals surface area contributed by atoms with Crippen molar-refractivity contribution < 1.29 is 27.2 Å². The number of nitrogens with zero attached hydrogens (tertiary/aromatic N) is 1. The van der Waals surface area contributed by atoms with Crippen molar-refractivity contribution in [1.29, 1.82) is 0 Å². The molecule has 23 heavy (non-hydrogen) atoms. The molecule has 0 aliphatic rings. The van der Waals surface area contributed by atoms with Crippen LogP contribution in [0.3, 0.4) is 0 Å². The molecular weight excluding hydrogens is 342 g/mol. The van der Waals surface area contributed by atoms with Gasteiger partial charge in [0.25, 0.3) is 0 Å². The first-order valence-corrected chi connectivity index (χ1v) is 10.5. The van der Waals surface area contributed by atoms with Crippen LogP contribution in [0.1, 0.15) is 27.7 Å². The average Bonchev–Trinajstić information content (AvgIpc) is 2.48. The summed E-state index contributed by atoms with van der Waals surface area (Å²) >= 11 is 0. The van der Waals surface area contributed by atoms with Crippen LogP contribution in [0.5, 0.6) is 0 Å². The minimum Gasteiger partial charge on any atom is -0.383 e. The predicted octanol–water partition coefficient (Wildman–Crippen LogP) is 2.45. The first-order valence-electron chi connectivity index (χ1n) is 7.41. The van der Waals surface area contributed by atoms with Crippen molar-refractivity contribution >= 4 is 31.6 Å². The molecule has 0 unspecified atom stereocenters. The molecule has 0 aromatic carbocycles. The Balaban J connectivity index is 3.41. The second kappa shape index (κ2) is 8.92. The Hall–Kier alpha value is -0.750. The summed E-state index contributed by atoms with van der Waals surface area (Å²) in [6, 6.07) is 1.36. The summed E-state index contributed by atoms with van der Waals surface area (Å²) < 4.78 is 46.8. The second-order valence-corrected chi connectivity index (χ2v) is 8.28. The average molecular weight is 366 g/mol. The quantitative estimate of drug-likeness (QED) is 0.629. The van der Waals surface area contributed by atoms with Gasteiger partial charge < -0.3 is 23.8 Å². The Kier molecular flexibility index (Phi) is 7.87. The van der Waals surface area contributed by atoms with Gasteiger partial charge in [-0.3, -0.25) is 9.13 Å². The molecule has 1 aromatic rings. The lowest BCUT2D eigenvalue weighted by Crippen LogP contribution is -2.23. The van der Waals surface area contributed by atoms with E-state index < -0.39 is 15.2 Å². The van der Waals surface area contributed by atoms with Gasteiger partial charge in [0.2, 0.25) is 0 Å². The third-order valence-corrected chi connectivity index (χ3v) is 6.91. The van der Waals surface area contributed by atoms with Gasteiger partial charge in [-0.2, -0.15) is 0 Å². The molecule has 8 nitrogen and oxygen atoms in total. The SMILES string of the molecule is CCOP(=O)(OCC)c1cnc(N)c(P(=O)(OCC)OCC)c1. The van der Waals surface area contributed by atoms with Crippen molar-refractivity contribution in [3.8, 4) is 0 Å². The molecule has 1 aromatic heterocycles. The number of anilines is 1. The van der Waals surface area contributed by atoms with E-state index in [1.165, 1.54) is 12.3 Å². The van der Waals surface area contributed by atoms with E-state index in [4.69, 9.17) is 23.8 Å². The molecule has 0 aliphatic carbocycles. The molecule has 0 amide bonds. The monoisotopic (exact) mass is 366 g/mol. The fourth-order valence-electron chi connectivity index (χ4n) is 1.86. The standard InChI is InChI=1S/C13H24N2O6P2/c1-5-18-22(16,19-6-2)11-9-12(13(14)15-10-11)23(17,20-7-3)21-8-4/h9-10H,5-8H2,1-4H3,(H2,14,15). The number of pyridine rings is 1. The molecule has 0 saturated carbocycles. The van der Waals surface area contributed by atoms with Gasteiger partial charge in [-0.1, -0.05) is 0 Å². The van der Waals surface area contributed by atoms with Gasteiger partial charge in [0.1, 0.15) is 11.1 Å². The fraction of sp³-hybridized carbons (Fsp3) is 0.615. The molecule has 0 aliphatic heterocycles. The Morgan fingerprint density at radius 3 is 1.78 bits per heavy atom. The maximum atomic E-state index is 12.9. The summed E-state index contributed by atoms with van der Waals surface area (Å²) in [5.41, 5.74) is 5.81. The van der Waals surface area contributed by atoms with Crippen molar-refractivity contribution in [3.63, 3.8) is 0 Å². The van der Waals surface area contributed by atoms with Crippen LogP contribution in [-0.4, -0.2) is 31.4 Å². The van der Waals surface area contributed by atoms with E-state index in [2.05, 4.69) is 4.98 Å². The number of nitrogen functional groups attached to an aromatic ring is 1. The van der Waals surface area contributed by atoms with Crippen LogP contribution in [0.2, 0.25) is 0 Å². The third-order valence-electron chi connectivity index (χ3n) is 2.69. The van der Waals surface area contributed by atoms with E-state index in [-0.39, 0.29) is 42.9 Å². The summed E-state index contributed by atoms with van der Waals surface area (Å²) in [5, 5.41) is 0.211. The third kappa shape index (κ3) is 4.86. The van der Waals surface area contributed by atoms with E-state index in [1.54, 1.807) is 27.7 Å². The zero-order valence-corrected chi connectivity index (χ0v) is 15.6. The zero-order chi connectivity index (χ0) is 17.5. The maximum Gasteiger partial charge on any atom is 0.365 e. The number of nitrogens with two attached hydrogens (primary N) is 1. The van der Waals surface area contributed by atoms with Crippen LogP contribution in [-0.2, 0) is 27.2 Å². The van der Waals surface area contributed by atoms with Crippen LogP contribution < -0.4 is 16.3 Å². The summed E-state index contributed by atoms with van der Waals surface area (Å²) in [4.78, 5) is 3.95. The number of hydrogen-bond acceptors (Lipinski definition) is 8. The van der Waals surface area contributed by atoms with Gasteiger partial charge in [-0.05, 0) is 33.8 Å². The van der Waals surface area contributed by atoms with Crippen LogP contribution in [0.25, 0.3) is 0 Å². The highest BCUT2D eigenvalue weighted by Crippen LogP contribution is 2.50. The molecule has 0 radical (unpaired) electrons. The summed E-state index contributed by atoms with van der Waals surface area (Å²) in [6.07, 6.45) is 1.28. The smallest absolute Gasteiger partial charge is 0.365 e. The van der Waals surface area contributed by atoms with Crippen LogP contribution in [0.4, 0.5) is 5.82 Å². The van der Waals surface area contributed by atoms with Crippen molar-refractivity contribution in [3.05, 3.63) is 12.3 Å². The molecule has 0 atom stereocenters. The minimum absolute atomic E-state index is 0.0152. The highest BCUT2D eigenvalue weighted by atomic mass is 31.2. The Bertz CT molecular complexity index is 590. The second-order valence-electron chi connectivity index (χ2n) is 4.26. The van der Waals surface area contributed by atoms with E-state index in [0.717, 1.165) is 0 Å². The normalized spacial score (nSPS) is 12.5. The Morgan fingerprint density at radius 2 is 1.35 bits per heavy atom. The number of aromatic nitrogens is 1. The van der Waals surface area contributed by atoms with Crippen LogP contribution >= 0.6 is 15.2 Å². The van der Waals surface area contributed by atoms with E-state index >= 15 is 0 Å². The van der Waals surface area contributed by atoms with Gasteiger partial charge in [-0.25, -0.2) is 4.98 Å². The Labute approximate surface area is 136 Å². The lowest BCUT2D eigenvalue weighted by atomic mass is 10.5. The highest BCUT2D eigenvalue weighted by molar-refractivity contribution is 7.64. The van der Waals surface area contributed by atoms with E-state index in [0.29, 0.717) is 0 Å². The maximum absolute atomic E-state index is 12.9. The van der Waals surface area contributed by atoms with Gasteiger partial charge in [0.15, 0.2) is 0 Å². The van der Waals surface area contributed by atoms with Gasteiger partial charge in [-0.15, -0.1) is 0 Å². The predicted molar refractivity (Wildman–Crippen MR) is 89.6 cm³/mol. The summed E-state index contributed by atoms with van der Waals surface area (Å²) in [7, 11) is -7.24. The first kappa shape index (κ1) is 20.3. The largest absolute Gasteiger partial charge is 0.383 e. The van der Waals surface area contributed by atoms with Crippen LogP contribution in [0.15, 0.2) is 12.3 Å².